The van der Waals surface area contributed by atoms with Crippen molar-refractivity contribution < 1.29 is 33.3 Å². The first-order valence-corrected chi connectivity index (χ1v) is 10.5. The normalized spacial score (nSPS) is 31.9. The van der Waals surface area contributed by atoms with E-state index in [-0.39, 0.29) is 18.5 Å². The molecular weight excluding hydrogens is 400 g/mol. The molecule has 0 aliphatic carbocycles. The maximum atomic E-state index is 13.1. The molecule has 4 rings (SSSR count). The SMILES string of the molecule is Cc1cc2c(c3c1C(=O)O[C@@H](C)[C@H](C)/C=C\C(=O)[C@H]1OC(C)(C)O[C@H]1C/C=C/3)OCO2. The monoisotopic (exact) mass is 428 g/mol. The Kier molecular flexibility index (Phi) is 5.66. The molecule has 31 heavy (non-hydrogen) atoms. The topological polar surface area (TPSA) is 80.3 Å². The molecule has 7 nitrogen and oxygen atoms in total. The van der Waals surface area contributed by atoms with Gasteiger partial charge in [0.05, 0.1) is 11.7 Å². The molecular formula is C24H28O7. The number of esters is 1. The van der Waals surface area contributed by atoms with E-state index < -0.39 is 30.1 Å². The van der Waals surface area contributed by atoms with E-state index in [4.69, 9.17) is 23.7 Å². The molecule has 3 aliphatic heterocycles. The first kappa shape index (κ1) is 21.6. The summed E-state index contributed by atoms with van der Waals surface area (Å²) >= 11 is 0. The highest BCUT2D eigenvalue weighted by atomic mass is 16.8. The third-order valence-electron chi connectivity index (χ3n) is 5.82. The molecule has 0 saturated carbocycles. The number of cyclic esters (lactones) is 1. The molecule has 0 unspecified atom stereocenters. The van der Waals surface area contributed by atoms with Gasteiger partial charge in [0.25, 0.3) is 0 Å². The minimum absolute atomic E-state index is 0.0939. The van der Waals surface area contributed by atoms with Crippen LogP contribution in [0.15, 0.2) is 24.3 Å². The Balaban J connectivity index is 1.78. The van der Waals surface area contributed by atoms with E-state index in [1.54, 1.807) is 26.0 Å². The molecule has 0 bridgehead atoms. The maximum Gasteiger partial charge on any atom is 0.339 e. The summed E-state index contributed by atoms with van der Waals surface area (Å²) in [6, 6.07) is 1.79. The zero-order chi connectivity index (χ0) is 22.3. The van der Waals surface area contributed by atoms with Crippen molar-refractivity contribution in [3.63, 3.8) is 0 Å². The molecule has 3 aliphatic rings. The highest BCUT2D eigenvalue weighted by Gasteiger charge is 2.43. The number of carbonyl (C=O) groups is 2. The molecule has 0 radical (unpaired) electrons. The summed E-state index contributed by atoms with van der Waals surface area (Å²) in [5.41, 5.74) is 1.79. The minimum Gasteiger partial charge on any atom is -0.458 e. The number of ketones is 1. The second kappa shape index (κ2) is 8.13. The van der Waals surface area contributed by atoms with Crippen LogP contribution in [0.5, 0.6) is 11.5 Å². The Morgan fingerprint density at radius 2 is 1.84 bits per heavy atom. The van der Waals surface area contributed by atoms with Crippen LogP contribution in [0.2, 0.25) is 0 Å². The van der Waals surface area contributed by atoms with Gasteiger partial charge in [-0.1, -0.05) is 25.2 Å². The molecule has 1 saturated heterocycles. The smallest absolute Gasteiger partial charge is 0.339 e. The van der Waals surface area contributed by atoms with Crippen molar-refractivity contribution in [3.8, 4) is 11.5 Å². The van der Waals surface area contributed by atoms with Crippen molar-refractivity contribution in [2.24, 2.45) is 5.92 Å². The summed E-state index contributed by atoms with van der Waals surface area (Å²) in [7, 11) is 0. The molecule has 1 aromatic rings. The maximum absolute atomic E-state index is 13.1. The molecule has 0 N–H and O–H groups in total. The largest absolute Gasteiger partial charge is 0.458 e. The number of hydrogen-bond donors (Lipinski definition) is 0. The molecule has 0 aromatic heterocycles. The molecule has 7 heteroatoms. The van der Waals surface area contributed by atoms with Gasteiger partial charge in [-0.05, 0) is 51.8 Å². The number of ether oxygens (including phenoxy) is 5. The molecule has 1 fully saturated rings. The Hall–Kier alpha value is -2.64. The van der Waals surface area contributed by atoms with Crippen molar-refractivity contribution in [3.05, 3.63) is 41.0 Å². The van der Waals surface area contributed by atoms with Crippen molar-refractivity contribution in [2.75, 3.05) is 6.79 Å². The predicted octanol–water partition coefficient (Wildman–Crippen LogP) is 3.97. The lowest BCUT2D eigenvalue weighted by Crippen LogP contribution is -2.30. The fourth-order valence-corrected chi connectivity index (χ4v) is 4.03. The molecule has 1 aromatic carbocycles. The van der Waals surface area contributed by atoms with Crippen LogP contribution in [0.3, 0.4) is 0 Å². The standard InChI is InChI=1S/C24H28O7/c1-13-9-10-17(25)22-18(30-24(4,5)31-22)8-6-7-16-20(23(26)29-15(13)3)14(2)11-19-21(16)28-12-27-19/h6-7,9-11,13,15,18,22H,8,12H2,1-5H3/b7-6+,10-9-/t13-,15+,18+,22-/m1/s1. The van der Waals surface area contributed by atoms with Crippen molar-refractivity contribution in [2.45, 2.75) is 65.1 Å². The number of rotatable bonds is 0. The van der Waals surface area contributed by atoms with Crippen LogP contribution in [0, 0.1) is 12.8 Å². The Labute approximate surface area is 181 Å². The second-order valence-corrected chi connectivity index (χ2v) is 8.68. The number of aryl methyl sites for hydroxylation is 1. The fraction of sp³-hybridized carbons (Fsp3) is 0.500. The molecule has 0 spiro atoms. The highest BCUT2D eigenvalue weighted by Crippen LogP contribution is 2.41. The number of hydrogen-bond acceptors (Lipinski definition) is 7. The second-order valence-electron chi connectivity index (χ2n) is 8.68. The van der Waals surface area contributed by atoms with Gasteiger partial charge in [0.2, 0.25) is 6.79 Å². The van der Waals surface area contributed by atoms with Gasteiger partial charge in [-0.3, -0.25) is 4.79 Å². The summed E-state index contributed by atoms with van der Waals surface area (Å²) in [5.74, 6) is -0.526. The van der Waals surface area contributed by atoms with Crippen molar-refractivity contribution in [1.82, 2.24) is 0 Å². The molecule has 4 atom stereocenters. The van der Waals surface area contributed by atoms with Gasteiger partial charge in [-0.25, -0.2) is 4.79 Å². The van der Waals surface area contributed by atoms with Crippen LogP contribution in [0.25, 0.3) is 6.08 Å². The van der Waals surface area contributed by atoms with Gasteiger partial charge < -0.3 is 23.7 Å². The first-order chi connectivity index (χ1) is 14.7. The van der Waals surface area contributed by atoms with Crippen LogP contribution in [0.1, 0.15) is 55.6 Å². The van der Waals surface area contributed by atoms with Gasteiger partial charge in [0, 0.05) is 11.5 Å². The Morgan fingerprint density at radius 1 is 1.06 bits per heavy atom. The Morgan fingerprint density at radius 3 is 2.61 bits per heavy atom. The van der Waals surface area contributed by atoms with Crippen LogP contribution in [0.4, 0.5) is 0 Å². The zero-order valence-corrected chi connectivity index (χ0v) is 18.5. The van der Waals surface area contributed by atoms with Gasteiger partial charge in [0.15, 0.2) is 23.1 Å². The third kappa shape index (κ3) is 4.25. The zero-order valence-electron chi connectivity index (χ0n) is 18.5. The van der Waals surface area contributed by atoms with Crippen molar-refractivity contribution >= 4 is 17.8 Å². The fourth-order valence-electron chi connectivity index (χ4n) is 4.03. The van der Waals surface area contributed by atoms with E-state index in [0.717, 1.165) is 5.56 Å². The van der Waals surface area contributed by atoms with Crippen molar-refractivity contribution in [1.29, 1.82) is 0 Å². The summed E-state index contributed by atoms with van der Waals surface area (Å²) in [4.78, 5) is 25.9. The van der Waals surface area contributed by atoms with E-state index in [0.29, 0.717) is 29.0 Å². The van der Waals surface area contributed by atoms with E-state index in [9.17, 15) is 9.59 Å². The van der Waals surface area contributed by atoms with Gasteiger partial charge in [-0.2, -0.15) is 0 Å². The number of benzene rings is 1. The lowest BCUT2D eigenvalue weighted by atomic mass is 9.97. The predicted molar refractivity (Wildman–Crippen MR) is 113 cm³/mol. The summed E-state index contributed by atoms with van der Waals surface area (Å²) in [6.07, 6.45) is 5.78. The van der Waals surface area contributed by atoms with E-state index >= 15 is 0 Å². The van der Waals surface area contributed by atoms with Gasteiger partial charge in [0.1, 0.15) is 12.2 Å². The summed E-state index contributed by atoms with van der Waals surface area (Å²) < 4.78 is 28.8. The molecule has 166 valence electrons. The van der Waals surface area contributed by atoms with Gasteiger partial charge >= 0.3 is 5.97 Å². The summed E-state index contributed by atoms with van der Waals surface area (Å²) in [6.45, 7) is 9.23. The quantitative estimate of drug-likeness (QED) is 0.579. The third-order valence-corrected chi connectivity index (χ3v) is 5.82. The Bertz CT molecular complexity index is 959. The first-order valence-electron chi connectivity index (χ1n) is 10.5. The van der Waals surface area contributed by atoms with Crippen LogP contribution in [-0.4, -0.2) is 42.6 Å². The van der Waals surface area contributed by atoms with Crippen LogP contribution in [-0.2, 0) is 19.0 Å². The lowest BCUT2D eigenvalue weighted by molar-refractivity contribution is -0.152. The molecule has 3 heterocycles. The van der Waals surface area contributed by atoms with E-state index in [1.165, 1.54) is 6.08 Å². The summed E-state index contributed by atoms with van der Waals surface area (Å²) in [5, 5.41) is 0. The number of fused-ring (bicyclic) bond motifs is 4. The van der Waals surface area contributed by atoms with E-state index in [1.807, 2.05) is 32.9 Å². The lowest BCUT2D eigenvalue weighted by Gasteiger charge is -2.20. The highest BCUT2D eigenvalue weighted by molar-refractivity contribution is 5.97. The average Bonchev–Trinajstić information content (AvgIpc) is 3.28. The number of carbonyl (C=O) groups excluding carboxylic acids is 2. The molecule has 0 amide bonds. The van der Waals surface area contributed by atoms with Gasteiger partial charge in [-0.15, -0.1) is 0 Å². The van der Waals surface area contributed by atoms with Crippen LogP contribution < -0.4 is 9.47 Å². The average molecular weight is 428 g/mol. The van der Waals surface area contributed by atoms with Crippen LogP contribution >= 0.6 is 0 Å². The minimum atomic E-state index is -0.856. The van der Waals surface area contributed by atoms with E-state index in [2.05, 4.69) is 0 Å².